The summed E-state index contributed by atoms with van der Waals surface area (Å²) >= 11 is 6.79. The first-order chi connectivity index (χ1) is 27.3. The summed E-state index contributed by atoms with van der Waals surface area (Å²) in [6.45, 7) is 0.232. The third kappa shape index (κ3) is 11.4. The molecule has 2 fully saturated rings. The number of fused-ring (bicyclic) bond motifs is 1. The van der Waals surface area contributed by atoms with E-state index in [0.29, 0.717) is 35.5 Å². The molecule has 0 spiro atoms. The van der Waals surface area contributed by atoms with Crippen molar-refractivity contribution in [2.45, 2.75) is 75.8 Å². The van der Waals surface area contributed by atoms with Crippen molar-refractivity contribution in [1.82, 2.24) is 0 Å². The molecule has 0 radical (unpaired) electrons. The second-order valence-corrected chi connectivity index (χ2v) is 15.2. The lowest BCUT2D eigenvalue weighted by Crippen LogP contribution is -2.36. The second-order valence-electron chi connectivity index (χ2n) is 13.6. The van der Waals surface area contributed by atoms with Crippen molar-refractivity contribution in [3.05, 3.63) is 108 Å². The van der Waals surface area contributed by atoms with Gasteiger partial charge >= 0.3 is 23.9 Å². The molecular weight excluding hydrogens is 848 g/mol. The molecule has 294 valence electrons. The van der Waals surface area contributed by atoms with Crippen LogP contribution < -0.4 is 9.47 Å². The minimum absolute atomic E-state index is 0.116. The Morgan fingerprint density at radius 3 is 1.16 bits per heavy atom. The number of rotatable bonds is 18. The first-order valence-corrected chi connectivity index (χ1v) is 21.1. The number of alkyl halides is 2. The molecule has 0 aromatic heterocycles. The zero-order valence-corrected chi connectivity index (χ0v) is 34.0. The van der Waals surface area contributed by atoms with Crippen LogP contribution in [0.1, 0.15) is 72.1 Å². The minimum atomic E-state index is -0.658. The summed E-state index contributed by atoms with van der Waals surface area (Å²) in [6, 6.07) is 28.6. The Morgan fingerprint density at radius 1 is 0.482 bits per heavy atom. The number of carbonyl (C=O) groups is 4. The van der Waals surface area contributed by atoms with Gasteiger partial charge < -0.3 is 28.4 Å². The van der Waals surface area contributed by atoms with Gasteiger partial charge in [0.15, 0.2) is 12.2 Å². The molecule has 2 aliphatic rings. The van der Waals surface area contributed by atoms with Crippen LogP contribution in [-0.2, 0) is 28.5 Å². The van der Waals surface area contributed by atoms with Gasteiger partial charge in [0.2, 0.25) is 0 Å². The fourth-order valence-corrected chi connectivity index (χ4v) is 7.31. The van der Waals surface area contributed by atoms with Gasteiger partial charge in [0.1, 0.15) is 23.7 Å². The molecule has 10 nitrogen and oxygen atoms in total. The summed E-state index contributed by atoms with van der Waals surface area (Å²) in [5.41, 5.74) is 4.33. The molecule has 0 aliphatic carbocycles. The minimum Gasteiger partial charge on any atom is -0.453 e. The molecule has 6 rings (SSSR count). The summed E-state index contributed by atoms with van der Waals surface area (Å²) in [6.07, 6.45) is 3.92. The van der Waals surface area contributed by atoms with E-state index < -0.39 is 36.4 Å². The van der Waals surface area contributed by atoms with Crippen LogP contribution in [0, 0.1) is 0 Å². The first-order valence-electron chi connectivity index (χ1n) is 18.9. The fourth-order valence-electron chi connectivity index (χ4n) is 6.52. The highest BCUT2D eigenvalue weighted by molar-refractivity contribution is 9.09. The van der Waals surface area contributed by atoms with Crippen molar-refractivity contribution in [3.63, 3.8) is 0 Å². The Kier molecular flexibility index (Phi) is 15.3. The molecule has 2 saturated heterocycles. The van der Waals surface area contributed by atoms with Gasteiger partial charge in [0.05, 0.1) is 24.3 Å². The van der Waals surface area contributed by atoms with Crippen LogP contribution >= 0.6 is 31.9 Å². The zero-order chi connectivity index (χ0) is 39.3. The number of unbranched alkanes of at least 4 members (excludes halogenated alkanes) is 4. The average molecular weight is 893 g/mol. The number of hydrogen-bond acceptors (Lipinski definition) is 10. The largest absolute Gasteiger partial charge is 0.453 e. The standard InChI is InChI=1S/C44H44Br2O10/c45-25-5-1-3-7-39(47)53-35-21-17-31(18-22-35)29-9-13-33(14-10-29)43(49)55-37-27-51-42-38(28-52-41(37)42)56-44(50)34-15-11-30(12-16-34)32-19-23-36(24-20-32)54-40(48)8-4-2-6-26-46/h9-24,37-38,41-42H,1-8,25-28H2/t37-,38+,41?,42?. The van der Waals surface area contributed by atoms with Crippen LogP contribution in [0.2, 0.25) is 0 Å². The van der Waals surface area contributed by atoms with Crippen LogP contribution in [0.4, 0.5) is 0 Å². The summed E-state index contributed by atoms with van der Waals surface area (Å²) < 4.78 is 34.3. The molecule has 4 aromatic carbocycles. The Morgan fingerprint density at radius 2 is 0.821 bits per heavy atom. The van der Waals surface area contributed by atoms with Crippen LogP contribution in [0.25, 0.3) is 22.3 Å². The average Bonchev–Trinajstić information content (AvgIpc) is 3.81. The second kappa shape index (κ2) is 20.7. The highest BCUT2D eigenvalue weighted by Crippen LogP contribution is 2.32. The van der Waals surface area contributed by atoms with Gasteiger partial charge in [0.25, 0.3) is 0 Å². The smallest absolute Gasteiger partial charge is 0.338 e. The predicted molar refractivity (Wildman–Crippen MR) is 217 cm³/mol. The Hall–Kier alpha value is -4.36. The molecule has 4 aromatic rings. The van der Waals surface area contributed by atoms with Gasteiger partial charge in [-0.1, -0.05) is 93.2 Å². The first kappa shape index (κ1) is 41.3. The van der Waals surface area contributed by atoms with Crippen LogP contribution in [0.3, 0.4) is 0 Å². The van der Waals surface area contributed by atoms with Gasteiger partial charge in [-0.15, -0.1) is 0 Å². The summed E-state index contributed by atoms with van der Waals surface area (Å²) in [7, 11) is 0. The molecule has 2 aliphatic heterocycles. The Labute approximate surface area is 343 Å². The maximum atomic E-state index is 13.1. The Balaban J connectivity index is 0.947. The van der Waals surface area contributed by atoms with Crippen molar-refractivity contribution in [1.29, 1.82) is 0 Å². The van der Waals surface area contributed by atoms with E-state index in [4.69, 9.17) is 28.4 Å². The van der Waals surface area contributed by atoms with Gasteiger partial charge in [-0.25, -0.2) is 9.59 Å². The number of carbonyl (C=O) groups excluding carboxylic acids is 4. The van der Waals surface area contributed by atoms with Crippen molar-refractivity contribution < 1.29 is 47.6 Å². The van der Waals surface area contributed by atoms with Gasteiger partial charge in [0, 0.05) is 23.5 Å². The highest BCUT2D eigenvalue weighted by Gasteiger charge is 2.51. The maximum Gasteiger partial charge on any atom is 0.338 e. The van der Waals surface area contributed by atoms with Gasteiger partial charge in [-0.3, -0.25) is 9.59 Å². The lowest BCUT2D eigenvalue weighted by atomic mass is 10.0. The molecule has 2 heterocycles. The molecule has 2 unspecified atom stereocenters. The van der Waals surface area contributed by atoms with E-state index >= 15 is 0 Å². The number of ether oxygens (including phenoxy) is 6. The summed E-state index contributed by atoms with van der Waals surface area (Å²) in [5, 5.41) is 1.86. The topological polar surface area (TPSA) is 124 Å². The third-order valence-electron chi connectivity index (χ3n) is 9.59. The van der Waals surface area contributed by atoms with Crippen molar-refractivity contribution >= 4 is 55.7 Å². The molecule has 12 heteroatoms. The molecule has 0 bridgehead atoms. The van der Waals surface area contributed by atoms with Crippen molar-refractivity contribution in [2.24, 2.45) is 0 Å². The molecule has 56 heavy (non-hydrogen) atoms. The predicted octanol–water partition coefficient (Wildman–Crippen LogP) is 9.29. The number of hydrogen-bond donors (Lipinski definition) is 0. The lowest BCUT2D eigenvalue weighted by molar-refractivity contribution is -0.135. The van der Waals surface area contributed by atoms with E-state index in [0.717, 1.165) is 71.4 Å². The van der Waals surface area contributed by atoms with E-state index in [-0.39, 0.29) is 25.2 Å². The van der Waals surface area contributed by atoms with Crippen LogP contribution in [-0.4, -0.2) is 72.2 Å². The van der Waals surface area contributed by atoms with E-state index in [1.54, 1.807) is 48.5 Å². The van der Waals surface area contributed by atoms with Crippen molar-refractivity contribution in [3.8, 4) is 33.8 Å². The molecule has 0 saturated carbocycles. The van der Waals surface area contributed by atoms with Crippen molar-refractivity contribution in [2.75, 3.05) is 23.9 Å². The van der Waals surface area contributed by atoms with E-state index in [1.807, 2.05) is 48.5 Å². The van der Waals surface area contributed by atoms with E-state index in [9.17, 15) is 19.2 Å². The van der Waals surface area contributed by atoms with Gasteiger partial charge in [-0.2, -0.15) is 0 Å². The quantitative estimate of drug-likeness (QED) is 0.0413. The number of halogens is 2. The highest BCUT2D eigenvalue weighted by atomic mass is 79.9. The van der Waals surface area contributed by atoms with Gasteiger partial charge in [-0.05, 0) is 96.5 Å². The summed E-state index contributed by atoms with van der Waals surface area (Å²) in [5.74, 6) is -0.538. The normalized spacial score (nSPS) is 18.5. The molecule has 0 N–H and O–H groups in total. The molecular formula is C44H44Br2O10. The zero-order valence-electron chi connectivity index (χ0n) is 30.9. The maximum absolute atomic E-state index is 13.1. The third-order valence-corrected chi connectivity index (χ3v) is 10.7. The van der Waals surface area contributed by atoms with E-state index in [2.05, 4.69) is 31.9 Å². The molecule has 0 amide bonds. The van der Waals surface area contributed by atoms with Crippen LogP contribution in [0.5, 0.6) is 11.5 Å². The lowest BCUT2D eigenvalue weighted by Gasteiger charge is -2.17. The fraction of sp³-hybridized carbons (Fsp3) is 0.364. The molecule has 4 atom stereocenters. The summed E-state index contributed by atoms with van der Waals surface area (Å²) in [4.78, 5) is 50.4. The SMILES string of the molecule is O=C(CCCCCBr)Oc1ccc(-c2ccc(C(=O)O[C@H]3COC4C3OC[C@H]4OC(=O)c3ccc(-c4ccc(OC(=O)CCCCCBr)cc4)cc3)cc2)cc1. The monoisotopic (exact) mass is 890 g/mol. The Bertz CT molecular complexity index is 1770. The van der Waals surface area contributed by atoms with E-state index in [1.165, 1.54) is 0 Å². The van der Waals surface area contributed by atoms with Crippen LogP contribution in [0.15, 0.2) is 97.1 Å². The number of benzene rings is 4. The number of esters is 4.